The number of carbonyl (C=O) groups is 2. The molecule has 4 rings (SSSR count). The molecule has 6 nitrogen and oxygen atoms in total. The molecule has 0 unspecified atom stereocenters. The van der Waals surface area contributed by atoms with Crippen LogP contribution in [-0.2, 0) is 12.8 Å². The van der Waals surface area contributed by atoms with Crippen molar-refractivity contribution in [3.63, 3.8) is 0 Å². The van der Waals surface area contributed by atoms with E-state index in [9.17, 15) is 9.59 Å². The standard InChI is InChI=1S/C22H24N4O2/c1-14-3-6-20-19(11-14)16(13-24-20)7-9-23-22(28)25-17-4-5-18-15(12-17)8-10-26(2)21(18)27/h3-6,11-13,24H,7-10H2,1-2H3,(H2,23,25,28). The maximum atomic E-state index is 12.2. The summed E-state index contributed by atoms with van der Waals surface area (Å²) in [7, 11) is 1.81. The van der Waals surface area contributed by atoms with Crippen LogP contribution in [0.15, 0.2) is 42.6 Å². The predicted octanol–water partition coefficient (Wildman–Crippen LogP) is 3.47. The Morgan fingerprint density at radius 2 is 2.07 bits per heavy atom. The summed E-state index contributed by atoms with van der Waals surface area (Å²) in [5, 5.41) is 6.97. The van der Waals surface area contributed by atoms with Crippen LogP contribution >= 0.6 is 0 Å². The van der Waals surface area contributed by atoms with E-state index in [-0.39, 0.29) is 11.9 Å². The summed E-state index contributed by atoms with van der Waals surface area (Å²) in [6, 6.07) is 11.5. The Kier molecular flexibility index (Phi) is 4.77. The number of fused-ring (bicyclic) bond motifs is 2. The topological polar surface area (TPSA) is 77.2 Å². The monoisotopic (exact) mass is 376 g/mol. The Morgan fingerprint density at radius 3 is 2.93 bits per heavy atom. The molecule has 6 heteroatoms. The fourth-order valence-electron chi connectivity index (χ4n) is 3.67. The van der Waals surface area contributed by atoms with Crippen molar-refractivity contribution in [3.8, 4) is 0 Å². The van der Waals surface area contributed by atoms with Crippen LogP contribution < -0.4 is 10.6 Å². The Morgan fingerprint density at radius 1 is 1.21 bits per heavy atom. The molecule has 0 bridgehead atoms. The molecule has 0 atom stereocenters. The average Bonchev–Trinajstić information content (AvgIpc) is 3.07. The van der Waals surface area contributed by atoms with E-state index in [1.165, 1.54) is 16.5 Å². The lowest BCUT2D eigenvalue weighted by Gasteiger charge is -2.25. The molecule has 0 saturated carbocycles. The molecule has 0 radical (unpaired) electrons. The minimum absolute atomic E-state index is 0.0335. The Balaban J connectivity index is 1.35. The van der Waals surface area contributed by atoms with Gasteiger partial charge in [-0.05, 0) is 61.2 Å². The molecule has 0 aliphatic carbocycles. The van der Waals surface area contributed by atoms with Gasteiger partial charge in [-0.1, -0.05) is 11.6 Å². The van der Waals surface area contributed by atoms with E-state index in [4.69, 9.17) is 0 Å². The van der Waals surface area contributed by atoms with Gasteiger partial charge in [-0.25, -0.2) is 4.79 Å². The number of aromatic amines is 1. The van der Waals surface area contributed by atoms with E-state index < -0.39 is 0 Å². The molecule has 2 heterocycles. The summed E-state index contributed by atoms with van der Waals surface area (Å²) in [4.78, 5) is 29.4. The SMILES string of the molecule is Cc1ccc2[nH]cc(CCNC(=O)Nc3ccc4c(c3)CCN(C)C4=O)c2c1. The van der Waals surface area contributed by atoms with Gasteiger partial charge in [0.15, 0.2) is 0 Å². The number of hydrogen-bond donors (Lipinski definition) is 3. The highest BCUT2D eigenvalue weighted by Crippen LogP contribution is 2.22. The molecule has 3 N–H and O–H groups in total. The second kappa shape index (κ2) is 7.38. The van der Waals surface area contributed by atoms with E-state index in [0.29, 0.717) is 24.3 Å². The molecular formula is C22H24N4O2. The zero-order valence-electron chi connectivity index (χ0n) is 16.1. The highest BCUT2D eigenvalue weighted by atomic mass is 16.2. The Labute approximate surface area is 163 Å². The number of hydrogen-bond acceptors (Lipinski definition) is 2. The molecule has 28 heavy (non-hydrogen) atoms. The first-order valence-corrected chi connectivity index (χ1v) is 9.51. The van der Waals surface area contributed by atoms with Gasteiger partial charge in [0.2, 0.25) is 0 Å². The molecular weight excluding hydrogens is 352 g/mol. The largest absolute Gasteiger partial charge is 0.361 e. The fraction of sp³-hybridized carbons (Fsp3) is 0.273. The van der Waals surface area contributed by atoms with Gasteiger partial charge >= 0.3 is 6.03 Å². The number of carbonyl (C=O) groups excluding carboxylic acids is 2. The number of amides is 3. The maximum Gasteiger partial charge on any atom is 0.319 e. The summed E-state index contributed by atoms with van der Waals surface area (Å²) in [6.45, 7) is 3.32. The third-order valence-corrected chi connectivity index (χ3v) is 5.26. The quantitative estimate of drug-likeness (QED) is 0.652. The smallest absolute Gasteiger partial charge is 0.319 e. The van der Waals surface area contributed by atoms with E-state index in [1.54, 1.807) is 24.1 Å². The van der Waals surface area contributed by atoms with Crippen LogP contribution in [0.1, 0.15) is 27.0 Å². The third kappa shape index (κ3) is 3.58. The molecule has 144 valence electrons. The van der Waals surface area contributed by atoms with Crippen molar-refractivity contribution >= 4 is 28.5 Å². The number of aryl methyl sites for hydroxylation is 1. The van der Waals surface area contributed by atoms with Gasteiger partial charge in [0.25, 0.3) is 5.91 Å². The number of rotatable bonds is 4. The first kappa shape index (κ1) is 18.1. The molecule has 2 aromatic carbocycles. The lowest BCUT2D eigenvalue weighted by Crippen LogP contribution is -2.34. The van der Waals surface area contributed by atoms with Crippen molar-refractivity contribution in [2.45, 2.75) is 19.8 Å². The first-order valence-electron chi connectivity index (χ1n) is 9.51. The van der Waals surface area contributed by atoms with Gasteiger partial charge in [0, 0.05) is 48.5 Å². The zero-order valence-corrected chi connectivity index (χ0v) is 16.1. The van der Waals surface area contributed by atoms with Crippen LogP contribution in [0.2, 0.25) is 0 Å². The van der Waals surface area contributed by atoms with Crippen LogP contribution in [0.5, 0.6) is 0 Å². The lowest BCUT2D eigenvalue weighted by molar-refractivity contribution is 0.0781. The summed E-state index contributed by atoms with van der Waals surface area (Å²) < 4.78 is 0. The number of nitrogens with one attached hydrogen (secondary N) is 3. The first-order chi connectivity index (χ1) is 13.5. The summed E-state index contributed by atoms with van der Waals surface area (Å²) in [5.41, 5.74) is 5.92. The molecule has 0 saturated heterocycles. The second-order valence-corrected chi connectivity index (χ2v) is 7.34. The molecule has 1 aliphatic rings. The molecule has 0 spiro atoms. The normalized spacial score (nSPS) is 13.5. The van der Waals surface area contributed by atoms with E-state index >= 15 is 0 Å². The molecule has 0 fully saturated rings. The zero-order chi connectivity index (χ0) is 19.7. The number of likely N-dealkylation sites (N-methyl/N-ethyl adjacent to an activating group) is 1. The van der Waals surface area contributed by atoms with Crippen molar-refractivity contribution in [1.82, 2.24) is 15.2 Å². The molecule has 3 amide bonds. The molecule has 1 aromatic heterocycles. The predicted molar refractivity (Wildman–Crippen MR) is 111 cm³/mol. The molecule has 3 aromatic rings. The summed E-state index contributed by atoms with van der Waals surface area (Å²) in [6.07, 6.45) is 3.55. The number of nitrogens with zero attached hydrogens (tertiary/aromatic N) is 1. The molecule has 1 aliphatic heterocycles. The van der Waals surface area contributed by atoms with Gasteiger partial charge in [0.05, 0.1) is 0 Å². The van der Waals surface area contributed by atoms with Crippen LogP contribution in [0, 0.1) is 6.92 Å². The van der Waals surface area contributed by atoms with E-state index in [2.05, 4.69) is 40.7 Å². The maximum absolute atomic E-state index is 12.2. The minimum atomic E-state index is -0.241. The number of aromatic nitrogens is 1. The number of benzene rings is 2. The minimum Gasteiger partial charge on any atom is -0.361 e. The van der Waals surface area contributed by atoms with Crippen molar-refractivity contribution < 1.29 is 9.59 Å². The van der Waals surface area contributed by atoms with Gasteiger partial charge < -0.3 is 20.5 Å². The van der Waals surface area contributed by atoms with Crippen LogP contribution in [0.25, 0.3) is 10.9 Å². The Hall–Kier alpha value is -3.28. The van der Waals surface area contributed by atoms with Gasteiger partial charge in [0.1, 0.15) is 0 Å². The highest BCUT2D eigenvalue weighted by Gasteiger charge is 2.21. The van der Waals surface area contributed by atoms with Crippen LogP contribution in [-0.4, -0.2) is 42.0 Å². The average molecular weight is 376 g/mol. The van der Waals surface area contributed by atoms with Crippen molar-refractivity contribution in [1.29, 1.82) is 0 Å². The third-order valence-electron chi connectivity index (χ3n) is 5.26. The summed E-state index contributed by atoms with van der Waals surface area (Å²) in [5.74, 6) is 0.0335. The van der Waals surface area contributed by atoms with Crippen molar-refractivity contribution in [2.24, 2.45) is 0 Å². The lowest BCUT2D eigenvalue weighted by atomic mass is 9.99. The number of anilines is 1. The van der Waals surface area contributed by atoms with E-state index in [0.717, 1.165) is 23.9 Å². The van der Waals surface area contributed by atoms with Gasteiger partial charge in [-0.3, -0.25) is 4.79 Å². The second-order valence-electron chi connectivity index (χ2n) is 7.34. The fourth-order valence-corrected chi connectivity index (χ4v) is 3.67. The van der Waals surface area contributed by atoms with Crippen molar-refractivity contribution in [2.75, 3.05) is 25.5 Å². The number of urea groups is 1. The van der Waals surface area contributed by atoms with E-state index in [1.807, 2.05) is 12.3 Å². The Bertz CT molecular complexity index is 1050. The van der Waals surface area contributed by atoms with Crippen LogP contribution in [0.3, 0.4) is 0 Å². The highest BCUT2D eigenvalue weighted by molar-refractivity contribution is 5.98. The van der Waals surface area contributed by atoms with Gasteiger partial charge in [-0.15, -0.1) is 0 Å². The number of H-pyrrole nitrogens is 1. The summed E-state index contributed by atoms with van der Waals surface area (Å²) >= 11 is 0. The van der Waals surface area contributed by atoms with Crippen LogP contribution in [0.4, 0.5) is 10.5 Å². The van der Waals surface area contributed by atoms with Crippen molar-refractivity contribution in [3.05, 3.63) is 64.8 Å². The van der Waals surface area contributed by atoms with Gasteiger partial charge in [-0.2, -0.15) is 0 Å².